The molecule has 34 heavy (non-hydrogen) atoms. The quantitative estimate of drug-likeness (QED) is 0.619. The second-order valence-electron chi connectivity index (χ2n) is 9.47. The standard InChI is InChI=1S/C24H31N5O4S/c1-16-14-33-12-11-29(16)22-13-20(15-34(31,32)21-9-10-21)25-23(28-22)17-5-7-19(8-6-17)27-24(30)26-18-3-2-4-18/h5-8,13,16,18,21H,2-4,9-12,14-15H2,1H3,(H2,26,27,30)/t16-/m0/s1. The van der Waals surface area contributed by atoms with E-state index >= 15 is 0 Å². The lowest BCUT2D eigenvalue weighted by molar-refractivity contribution is 0.0985. The van der Waals surface area contributed by atoms with Crippen molar-refractivity contribution in [3.63, 3.8) is 0 Å². The molecule has 2 saturated carbocycles. The first-order chi connectivity index (χ1) is 16.4. The van der Waals surface area contributed by atoms with Crippen LogP contribution in [-0.2, 0) is 20.3 Å². The molecule has 182 valence electrons. The van der Waals surface area contributed by atoms with Crippen LogP contribution < -0.4 is 15.5 Å². The van der Waals surface area contributed by atoms with Gasteiger partial charge in [-0.25, -0.2) is 23.2 Å². The highest BCUT2D eigenvalue weighted by Crippen LogP contribution is 2.32. The average Bonchev–Trinajstić information content (AvgIpc) is 3.63. The van der Waals surface area contributed by atoms with Gasteiger partial charge in [0, 0.05) is 29.9 Å². The predicted octanol–water partition coefficient (Wildman–Crippen LogP) is 3.12. The molecule has 0 spiro atoms. The molecule has 2 amide bonds. The van der Waals surface area contributed by atoms with Crippen molar-refractivity contribution in [2.45, 2.75) is 62.1 Å². The third-order valence-corrected chi connectivity index (χ3v) is 8.84. The Labute approximate surface area is 200 Å². The summed E-state index contributed by atoms with van der Waals surface area (Å²) in [5, 5.41) is 5.57. The number of nitrogens with zero attached hydrogens (tertiary/aromatic N) is 3. The maximum absolute atomic E-state index is 12.7. The van der Waals surface area contributed by atoms with E-state index in [4.69, 9.17) is 9.72 Å². The minimum Gasteiger partial charge on any atom is -0.377 e. The van der Waals surface area contributed by atoms with Gasteiger partial charge in [-0.2, -0.15) is 0 Å². The van der Waals surface area contributed by atoms with Crippen LogP contribution in [-0.4, -0.2) is 61.5 Å². The Balaban J connectivity index is 1.39. The first kappa shape index (κ1) is 23.0. The number of anilines is 2. The molecule has 5 rings (SSSR count). The van der Waals surface area contributed by atoms with Gasteiger partial charge in [0.15, 0.2) is 15.7 Å². The van der Waals surface area contributed by atoms with Gasteiger partial charge in [-0.05, 0) is 63.3 Å². The van der Waals surface area contributed by atoms with Gasteiger partial charge in [0.1, 0.15) is 5.82 Å². The SMILES string of the molecule is C[C@H]1COCCN1c1cc(CS(=O)(=O)C2CC2)nc(-c2ccc(NC(=O)NC3CCC3)cc2)n1. The Morgan fingerprint density at radius 3 is 2.56 bits per heavy atom. The van der Waals surface area contributed by atoms with Crippen LogP contribution in [0.5, 0.6) is 0 Å². The van der Waals surface area contributed by atoms with E-state index in [0.29, 0.717) is 42.8 Å². The molecule has 1 aromatic heterocycles. The van der Waals surface area contributed by atoms with Crippen LogP contribution in [0.3, 0.4) is 0 Å². The van der Waals surface area contributed by atoms with Gasteiger partial charge in [-0.15, -0.1) is 0 Å². The molecule has 0 bridgehead atoms. The number of sulfone groups is 1. The number of ether oxygens (including phenoxy) is 1. The van der Waals surface area contributed by atoms with Crippen LogP contribution in [0.4, 0.5) is 16.3 Å². The normalized spacial score (nSPS) is 21.1. The predicted molar refractivity (Wildman–Crippen MR) is 131 cm³/mol. The zero-order valence-electron chi connectivity index (χ0n) is 19.4. The molecule has 3 fully saturated rings. The lowest BCUT2D eigenvalue weighted by atomic mass is 9.93. The molecule has 2 aromatic rings. The average molecular weight is 486 g/mol. The Morgan fingerprint density at radius 1 is 1.15 bits per heavy atom. The fourth-order valence-electron chi connectivity index (χ4n) is 4.26. The van der Waals surface area contributed by atoms with Crippen molar-refractivity contribution in [3.8, 4) is 11.4 Å². The summed E-state index contributed by atoms with van der Waals surface area (Å²) in [7, 11) is -3.22. The second-order valence-corrected chi connectivity index (χ2v) is 11.7. The maximum Gasteiger partial charge on any atom is 0.319 e. The first-order valence-electron chi connectivity index (χ1n) is 12.0. The molecule has 1 saturated heterocycles. The summed E-state index contributed by atoms with van der Waals surface area (Å²) in [6.07, 6.45) is 4.68. The smallest absolute Gasteiger partial charge is 0.319 e. The Kier molecular flexibility index (Phi) is 6.44. The number of aromatic nitrogens is 2. The van der Waals surface area contributed by atoms with Crippen LogP contribution in [0.15, 0.2) is 30.3 Å². The van der Waals surface area contributed by atoms with Gasteiger partial charge in [-0.1, -0.05) is 0 Å². The molecule has 1 atom stereocenters. The number of amides is 2. The fourth-order valence-corrected chi connectivity index (χ4v) is 5.91. The molecule has 0 radical (unpaired) electrons. The Hall–Kier alpha value is -2.72. The molecule has 3 aliphatic rings. The van der Waals surface area contributed by atoms with Crippen LogP contribution in [0.2, 0.25) is 0 Å². The summed E-state index contributed by atoms with van der Waals surface area (Å²) in [6.45, 7) is 3.95. The van der Waals surface area contributed by atoms with E-state index in [1.54, 1.807) is 6.07 Å². The van der Waals surface area contributed by atoms with Crippen molar-refractivity contribution in [2.75, 3.05) is 30.0 Å². The van der Waals surface area contributed by atoms with Gasteiger partial charge in [-0.3, -0.25) is 0 Å². The number of carbonyl (C=O) groups is 1. The lowest BCUT2D eigenvalue weighted by Gasteiger charge is -2.34. The van der Waals surface area contributed by atoms with Crippen LogP contribution >= 0.6 is 0 Å². The van der Waals surface area contributed by atoms with Crippen molar-refractivity contribution in [1.29, 1.82) is 0 Å². The van der Waals surface area contributed by atoms with Gasteiger partial charge in [0.25, 0.3) is 0 Å². The molecular weight excluding hydrogens is 454 g/mol. The molecule has 9 nitrogen and oxygen atoms in total. The lowest BCUT2D eigenvalue weighted by Crippen LogP contribution is -2.44. The van der Waals surface area contributed by atoms with Crippen molar-refractivity contribution in [3.05, 3.63) is 36.0 Å². The van der Waals surface area contributed by atoms with E-state index in [2.05, 4.69) is 27.4 Å². The number of benzene rings is 1. The minimum atomic E-state index is -3.22. The highest BCUT2D eigenvalue weighted by atomic mass is 32.2. The first-order valence-corrected chi connectivity index (χ1v) is 13.7. The zero-order valence-corrected chi connectivity index (χ0v) is 20.2. The van der Waals surface area contributed by atoms with Crippen molar-refractivity contribution >= 4 is 27.4 Å². The highest BCUT2D eigenvalue weighted by Gasteiger charge is 2.36. The monoisotopic (exact) mass is 485 g/mol. The second kappa shape index (κ2) is 9.50. The fraction of sp³-hybridized carbons (Fsp3) is 0.542. The van der Waals surface area contributed by atoms with E-state index < -0.39 is 9.84 Å². The third kappa shape index (κ3) is 5.33. The van der Waals surface area contributed by atoms with Crippen molar-refractivity contribution in [2.24, 2.45) is 0 Å². The number of nitrogens with one attached hydrogen (secondary N) is 2. The van der Waals surface area contributed by atoms with Gasteiger partial charge < -0.3 is 20.3 Å². The Morgan fingerprint density at radius 2 is 1.91 bits per heavy atom. The molecule has 1 aromatic carbocycles. The van der Waals surface area contributed by atoms with Gasteiger partial charge >= 0.3 is 6.03 Å². The van der Waals surface area contributed by atoms with Gasteiger partial charge in [0.05, 0.1) is 36.0 Å². The minimum absolute atomic E-state index is 0.0834. The molecular formula is C24H31N5O4S. The maximum atomic E-state index is 12.7. The van der Waals surface area contributed by atoms with Crippen molar-refractivity contribution < 1.29 is 17.9 Å². The number of rotatable bonds is 7. The topological polar surface area (TPSA) is 114 Å². The van der Waals surface area contributed by atoms with Crippen LogP contribution in [0.1, 0.15) is 44.7 Å². The van der Waals surface area contributed by atoms with E-state index in [-0.39, 0.29) is 29.1 Å². The Bertz CT molecular complexity index is 1150. The highest BCUT2D eigenvalue weighted by molar-refractivity contribution is 7.91. The third-order valence-electron chi connectivity index (χ3n) is 6.65. The largest absolute Gasteiger partial charge is 0.377 e. The zero-order chi connectivity index (χ0) is 23.7. The summed E-state index contributed by atoms with van der Waals surface area (Å²) < 4.78 is 30.9. The number of carbonyl (C=O) groups excluding carboxylic acids is 1. The molecule has 0 unspecified atom stereocenters. The van der Waals surface area contributed by atoms with E-state index in [0.717, 1.165) is 37.7 Å². The van der Waals surface area contributed by atoms with Gasteiger partial charge in [0.2, 0.25) is 0 Å². The summed E-state index contributed by atoms with van der Waals surface area (Å²) in [4.78, 5) is 23.7. The molecule has 10 heteroatoms. The number of hydrogen-bond donors (Lipinski definition) is 2. The van der Waals surface area contributed by atoms with E-state index in [1.807, 2.05) is 24.3 Å². The number of hydrogen-bond acceptors (Lipinski definition) is 7. The van der Waals surface area contributed by atoms with Crippen molar-refractivity contribution in [1.82, 2.24) is 15.3 Å². The van der Waals surface area contributed by atoms with Crippen LogP contribution in [0, 0.1) is 0 Å². The summed E-state index contributed by atoms with van der Waals surface area (Å²) in [5.74, 6) is 1.10. The summed E-state index contributed by atoms with van der Waals surface area (Å²) in [6, 6.07) is 9.30. The number of morpholine rings is 1. The summed E-state index contributed by atoms with van der Waals surface area (Å²) >= 11 is 0. The van der Waals surface area contributed by atoms with Crippen LogP contribution in [0.25, 0.3) is 11.4 Å². The van der Waals surface area contributed by atoms with E-state index in [1.165, 1.54) is 0 Å². The molecule has 2 aliphatic carbocycles. The van der Waals surface area contributed by atoms with E-state index in [9.17, 15) is 13.2 Å². The molecule has 2 heterocycles. The number of urea groups is 1. The molecule has 1 aliphatic heterocycles. The summed E-state index contributed by atoms with van der Waals surface area (Å²) in [5.41, 5.74) is 1.94. The molecule has 2 N–H and O–H groups in total.